The van der Waals surface area contributed by atoms with Crippen LogP contribution in [-0.2, 0) is 18.0 Å². The molecule has 0 saturated carbocycles. The molecule has 7 rings (SSSR count). The van der Waals surface area contributed by atoms with Gasteiger partial charge < -0.3 is 20.5 Å². The van der Waals surface area contributed by atoms with Crippen LogP contribution in [0.5, 0.6) is 0 Å². The molecule has 2 aromatic carbocycles. The normalized spacial score (nSPS) is 20.5. The Kier molecular flexibility index (Phi) is 6.31. The second-order valence-corrected chi connectivity index (χ2v) is 11.9. The number of piperazine rings is 1. The molecule has 206 valence electrons. The molecule has 3 aliphatic heterocycles. The number of rotatable bonds is 6. The van der Waals surface area contributed by atoms with Crippen LogP contribution in [-0.4, -0.2) is 58.3 Å². The first-order chi connectivity index (χ1) is 19.5. The standard InChI is InChI=1S/C29H28F2N6O2S/c30-20-5-6-21-22(17(9-32)28(33)40-21)25(20)23-18-12-39-13-19(18)24-27(26(23)31)34-14-35-29(24)37-15-3-4-16(37)11-36(10-15)7-1-2-8-38/h5-6,14-16,38H,1-4,7-8,10-13,33H2. The van der Waals surface area contributed by atoms with Crippen LogP contribution < -0.4 is 10.6 Å². The first-order valence-electron chi connectivity index (χ1n) is 13.6. The van der Waals surface area contributed by atoms with E-state index in [1.807, 2.05) is 0 Å². The zero-order valence-electron chi connectivity index (χ0n) is 21.8. The molecule has 2 fully saturated rings. The van der Waals surface area contributed by atoms with Crippen LogP contribution in [0.3, 0.4) is 0 Å². The summed E-state index contributed by atoms with van der Waals surface area (Å²) in [5.41, 5.74) is 7.82. The molecule has 0 radical (unpaired) electrons. The van der Waals surface area contributed by atoms with E-state index in [1.54, 1.807) is 6.07 Å². The van der Waals surface area contributed by atoms with E-state index < -0.39 is 11.6 Å². The zero-order chi connectivity index (χ0) is 27.5. The summed E-state index contributed by atoms with van der Waals surface area (Å²) in [4.78, 5) is 13.9. The molecule has 5 heterocycles. The molecule has 2 aromatic heterocycles. The van der Waals surface area contributed by atoms with E-state index in [9.17, 15) is 5.26 Å². The highest BCUT2D eigenvalue weighted by Crippen LogP contribution is 2.48. The Morgan fingerprint density at radius 2 is 1.85 bits per heavy atom. The molecular formula is C29H28F2N6O2S. The van der Waals surface area contributed by atoms with E-state index in [-0.39, 0.29) is 59.1 Å². The molecule has 11 heteroatoms. The number of nitriles is 1. The maximum atomic E-state index is 16.7. The third-order valence-corrected chi connectivity index (χ3v) is 9.58. The molecule has 2 bridgehead atoms. The number of aromatic nitrogens is 2. The second kappa shape index (κ2) is 9.89. The zero-order valence-corrected chi connectivity index (χ0v) is 22.6. The lowest BCUT2D eigenvalue weighted by Crippen LogP contribution is -2.54. The van der Waals surface area contributed by atoms with Crippen molar-refractivity contribution in [3.8, 4) is 17.2 Å². The van der Waals surface area contributed by atoms with E-state index in [4.69, 9.17) is 20.6 Å². The third-order valence-electron chi connectivity index (χ3n) is 8.59. The molecule has 2 atom stereocenters. The summed E-state index contributed by atoms with van der Waals surface area (Å²) in [6, 6.07) is 5.44. The molecule has 2 unspecified atom stereocenters. The number of anilines is 2. The van der Waals surface area contributed by atoms with Crippen molar-refractivity contribution in [2.75, 3.05) is 36.9 Å². The van der Waals surface area contributed by atoms with Gasteiger partial charge in [0, 0.05) is 53.0 Å². The van der Waals surface area contributed by atoms with E-state index >= 15 is 8.78 Å². The first kappa shape index (κ1) is 25.5. The van der Waals surface area contributed by atoms with Gasteiger partial charge in [-0.15, -0.1) is 11.3 Å². The van der Waals surface area contributed by atoms with Gasteiger partial charge in [-0.1, -0.05) is 0 Å². The van der Waals surface area contributed by atoms with Crippen molar-refractivity contribution in [2.45, 2.75) is 51.0 Å². The fourth-order valence-corrected chi connectivity index (χ4v) is 7.84. The third kappa shape index (κ3) is 3.78. The summed E-state index contributed by atoms with van der Waals surface area (Å²) in [5, 5.41) is 20.2. The van der Waals surface area contributed by atoms with E-state index in [2.05, 4.69) is 20.9 Å². The topological polar surface area (TPSA) is 112 Å². The number of aliphatic hydroxyl groups is 1. The summed E-state index contributed by atoms with van der Waals surface area (Å²) in [6.07, 6.45) is 5.19. The fourth-order valence-electron chi connectivity index (χ4n) is 6.91. The van der Waals surface area contributed by atoms with E-state index in [1.165, 1.54) is 23.7 Å². The molecule has 0 spiro atoms. The average molecular weight is 563 g/mol. The van der Waals surface area contributed by atoms with Crippen LogP contribution in [0.25, 0.3) is 32.1 Å². The van der Waals surface area contributed by atoms with Gasteiger partial charge in [-0.3, -0.25) is 4.90 Å². The average Bonchev–Trinajstić information content (AvgIpc) is 3.63. The lowest BCUT2D eigenvalue weighted by Gasteiger charge is -2.42. The van der Waals surface area contributed by atoms with Crippen LogP contribution in [0, 0.1) is 23.0 Å². The molecule has 2 saturated heterocycles. The number of fused-ring (bicyclic) bond motifs is 6. The number of unbranched alkanes of at least 4 members (excludes halogenated alkanes) is 1. The van der Waals surface area contributed by atoms with Crippen molar-refractivity contribution in [2.24, 2.45) is 0 Å². The van der Waals surface area contributed by atoms with Crippen molar-refractivity contribution in [3.63, 3.8) is 0 Å². The maximum absolute atomic E-state index is 16.7. The highest BCUT2D eigenvalue weighted by atomic mass is 32.1. The molecule has 0 amide bonds. The quantitative estimate of drug-likeness (QED) is 0.326. The minimum Gasteiger partial charge on any atom is -0.396 e. The lowest BCUT2D eigenvalue weighted by atomic mass is 9.90. The van der Waals surface area contributed by atoms with Crippen molar-refractivity contribution >= 4 is 43.1 Å². The van der Waals surface area contributed by atoms with E-state index in [0.29, 0.717) is 26.9 Å². The van der Waals surface area contributed by atoms with Gasteiger partial charge in [-0.25, -0.2) is 18.7 Å². The smallest absolute Gasteiger partial charge is 0.157 e. The first-order valence-corrected chi connectivity index (χ1v) is 14.4. The number of benzene rings is 2. The summed E-state index contributed by atoms with van der Waals surface area (Å²) >= 11 is 1.18. The van der Waals surface area contributed by atoms with Crippen molar-refractivity contribution in [1.82, 2.24) is 14.9 Å². The van der Waals surface area contributed by atoms with Crippen LogP contribution in [0.15, 0.2) is 18.5 Å². The van der Waals surface area contributed by atoms with Gasteiger partial charge in [0.25, 0.3) is 0 Å². The summed E-state index contributed by atoms with van der Waals surface area (Å²) in [7, 11) is 0. The Balaban J connectivity index is 1.40. The molecule has 8 nitrogen and oxygen atoms in total. The molecular weight excluding hydrogens is 534 g/mol. The molecule has 3 aliphatic rings. The minimum absolute atomic E-state index is 0.0277. The Labute approximate surface area is 233 Å². The van der Waals surface area contributed by atoms with E-state index in [0.717, 1.165) is 50.9 Å². The Bertz CT molecular complexity index is 1690. The molecule has 4 aromatic rings. The highest BCUT2D eigenvalue weighted by Gasteiger charge is 2.42. The molecule has 0 aliphatic carbocycles. The Hall–Kier alpha value is -3.43. The van der Waals surface area contributed by atoms with Crippen molar-refractivity contribution in [3.05, 3.63) is 46.8 Å². The van der Waals surface area contributed by atoms with Gasteiger partial charge in [-0.2, -0.15) is 5.26 Å². The van der Waals surface area contributed by atoms with Gasteiger partial charge in [0.05, 0.1) is 24.2 Å². The van der Waals surface area contributed by atoms with Gasteiger partial charge in [0.1, 0.15) is 34.5 Å². The number of nitrogens with two attached hydrogens (primary N) is 1. The number of likely N-dealkylation sites (tertiary alicyclic amines) is 1. The van der Waals surface area contributed by atoms with Crippen LogP contribution in [0.2, 0.25) is 0 Å². The lowest BCUT2D eigenvalue weighted by molar-refractivity contribution is 0.135. The Morgan fingerprint density at radius 3 is 2.60 bits per heavy atom. The van der Waals surface area contributed by atoms with Gasteiger partial charge >= 0.3 is 0 Å². The molecule has 40 heavy (non-hydrogen) atoms. The van der Waals surface area contributed by atoms with Crippen LogP contribution >= 0.6 is 11.3 Å². The highest BCUT2D eigenvalue weighted by molar-refractivity contribution is 7.23. The van der Waals surface area contributed by atoms with Crippen molar-refractivity contribution < 1.29 is 18.6 Å². The monoisotopic (exact) mass is 562 g/mol. The summed E-state index contributed by atoms with van der Waals surface area (Å²) in [5.74, 6) is -0.562. The number of halogens is 2. The fraction of sp³-hybridized carbons (Fsp3) is 0.414. The summed E-state index contributed by atoms with van der Waals surface area (Å²) < 4.78 is 38.8. The number of nitrogen functional groups attached to an aromatic ring is 1. The number of nitrogens with zero attached hydrogens (tertiary/aromatic N) is 5. The number of ether oxygens (including phenoxy) is 1. The van der Waals surface area contributed by atoms with Gasteiger partial charge in [-0.05, 0) is 55.5 Å². The predicted octanol–water partition coefficient (Wildman–Crippen LogP) is 4.70. The van der Waals surface area contributed by atoms with Gasteiger partial charge in [0.2, 0.25) is 0 Å². The number of hydrogen-bond acceptors (Lipinski definition) is 9. The number of thiophene rings is 1. The second-order valence-electron chi connectivity index (χ2n) is 10.8. The number of aliphatic hydroxyl groups excluding tert-OH is 1. The Morgan fingerprint density at radius 1 is 1.07 bits per heavy atom. The van der Waals surface area contributed by atoms with Crippen molar-refractivity contribution in [1.29, 1.82) is 5.26 Å². The largest absolute Gasteiger partial charge is 0.396 e. The maximum Gasteiger partial charge on any atom is 0.157 e. The SMILES string of the molecule is N#Cc1c(N)sc2ccc(F)c(-c3c4c(c5c(N6C7CCC6CN(CCCCO)C7)ncnc5c3F)COC4)c12. The van der Waals surface area contributed by atoms with Crippen LogP contribution in [0.1, 0.15) is 42.4 Å². The number of hydrogen-bond donors (Lipinski definition) is 2. The molecule has 3 N–H and O–H groups in total. The summed E-state index contributed by atoms with van der Waals surface area (Å²) in [6.45, 7) is 3.28. The minimum atomic E-state index is -0.641. The van der Waals surface area contributed by atoms with Crippen LogP contribution in [0.4, 0.5) is 19.6 Å². The predicted molar refractivity (Wildman–Crippen MR) is 150 cm³/mol. The van der Waals surface area contributed by atoms with Gasteiger partial charge in [0.15, 0.2) is 5.82 Å².